The third-order valence-corrected chi connectivity index (χ3v) is 9.54. The van der Waals surface area contributed by atoms with Crippen molar-refractivity contribution in [2.24, 2.45) is 9.98 Å². The average molecular weight is 671 g/mol. The van der Waals surface area contributed by atoms with E-state index in [9.17, 15) is 0 Å². The van der Waals surface area contributed by atoms with E-state index in [-0.39, 0.29) is 6.04 Å². The number of fused-ring (bicyclic) bond motifs is 2. The van der Waals surface area contributed by atoms with E-state index >= 15 is 0 Å². The van der Waals surface area contributed by atoms with Gasteiger partial charge in [0, 0.05) is 29.0 Å². The summed E-state index contributed by atoms with van der Waals surface area (Å²) in [4.78, 5) is 23.9. The first-order valence-electron chi connectivity index (χ1n) is 17.6. The van der Waals surface area contributed by atoms with E-state index in [2.05, 4.69) is 137 Å². The Kier molecular flexibility index (Phi) is 8.31. The van der Waals surface area contributed by atoms with Crippen molar-refractivity contribution in [1.29, 1.82) is 0 Å². The lowest BCUT2D eigenvalue weighted by molar-refractivity contribution is 0.978. The van der Waals surface area contributed by atoms with Gasteiger partial charge in [0.15, 0.2) is 11.7 Å². The van der Waals surface area contributed by atoms with Gasteiger partial charge in [0.25, 0.3) is 0 Å². The van der Waals surface area contributed by atoms with E-state index in [0.29, 0.717) is 5.82 Å². The summed E-state index contributed by atoms with van der Waals surface area (Å²) in [7, 11) is 0. The van der Waals surface area contributed by atoms with E-state index in [1.54, 1.807) is 12.4 Å². The topological polar surface area (TPSA) is 75.4 Å². The van der Waals surface area contributed by atoms with Gasteiger partial charge in [0.1, 0.15) is 5.69 Å². The summed E-state index contributed by atoms with van der Waals surface area (Å²) in [5.74, 6) is 1.35. The quantitative estimate of drug-likeness (QED) is 0.191. The highest BCUT2D eigenvalue weighted by atomic mass is 14.9. The van der Waals surface area contributed by atoms with Crippen LogP contribution in [0.2, 0.25) is 0 Å². The molecule has 1 atom stereocenters. The summed E-state index contributed by atoms with van der Waals surface area (Å²) in [6, 6.07) is 48.3. The van der Waals surface area contributed by atoms with E-state index in [1.165, 1.54) is 5.56 Å². The zero-order valence-corrected chi connectivity index (χ0v) is 28.4. The molecular formula is C46H34N6. The van der Waals surface area contributed by atoms with Crippen LogP contribution >= 0.6 is 0 Å². The number of rotatable bonds is 6. The fraction of sp³-hybridized carbons (Fsp3) is 0.0652. The van der Waals surface area contributed by atoms with Crippen molar-refractivity contribution >= 4 is 39.9 Å². The van der Waals surface area contributed by atoms with Gasteiger partial charge in [-0.1, -0.05) is 127 Å². The maximum absolute atomic E-state index is 5.14. The molecule has 6 heteroatoms. The lowest BCUT2D eigenvalue weighted by Crippen LogP contribution is -2.12. The van der Waals surface area contributed by atoms with Crippen molar-refractivity contribution in [2.75, 3.05) is 5.32 Å². The van der Waals surface area contributed by atoms with Crippen LogP contribution in [0.15, 0.2) is 174 Å². The molecule has 0 amide bonds. The molecule has 0 radical (unpaired) electrons. The molecule has 0 aliphatic carbocycles. The lowest BCUT2D eigenvalue weighted by atomic mass is 9.95. The normalized spacial score (nSPS) is 18.4. The summed E-state index contributed by atoms with van der Waals surface area (Å²) in [6.07, 6.45) is 11.9. The molecule has 9 rings (SSSR count). The predicted octanol–water partition coefficient (Wildman–Crippen LogP) is 10.6. The molecule has 1 N–H and O–H groups in total. The second-order valence-corrected chi connectivity index (χ2v) is 12.9. The fourth-order valence-electron chi connectivity index (χ4n) is 6.79. The van der Waals surface area contributed by atoms with Gasteiger partial charge >= 0.3 is 0 Å². The van der Waals surface area contributed by atoms with Crippen LogP contribution < -0.4 is 5.32 Å². The molecule has 4 heterocycles. The molecule has 52 heavy (non-hydrogen) atoms. The molecule has 7 aromatic rings. The molecule has 0 saturated heterocycles. The second-order valence-electron chi connectivity index (χ2n) is 12.9. The SMILES string of the molecule is C1=CC(c2ccc(C3=C/CC/C(c4ccccc4)=N/C(c4ccccc4)=N\3)cc2)Nc2ccc(-c3ccc4ccc(-c5ncccn5)nc4c3)cc21. The van der Waals surface area contributed by atoms with E-state index in [4.69, 9.17) is 15.0 Å². The smallest absolute Gasteiger partial charge is 0.178 e. The Morgan fingerprint density at radius 1 is 0.596 bits per heavy atom. The van der Waals surface area contributed by atoms with E-state index < -0.39 is 0 Å². The molecule has 248 valence electrons. The van der Waals surface area contributed by atoms with Crippen LogP contribution in [-0.2, 0) is 0 Å². The minimum Gasteiger partial charge on any atom is -0.374 e. The highest BCUT2D eigenvalue weighted by Crippen LogP contribution is 2.35. The summed E-state index contributed by atoms with van der Waals surface area (Å²) in [5, 5.41) is 4.82. The van der Waals surface area contributed by atoms with Gasteiger partial charge in [-0.15, -0.1) is 0 Å². The standard InChI is InChI=1S/C46H34N6/c1-3-9-31(10-4-1)39-13-7-14-40(52-45(51-39)35-11-5-2-6-12-35)32-15-17-33(18-16-32)41-25-23-38-29-36(22-24-42(38)49-41)37-20-19-34-21-26-43(50-44(34)30-37)46-47-27-8-28-48-46/h1-6,8-12,14-30,41,49H,7,13H2/b40-14-,51-39-,52-45-. The van der Waals surface area contributed by atoms with Crippen LogP contribution in [0.5, 0.6) is 0 Å². The predicted molar refractivity (Wildman–Crippen MR) is 213 cm³/mol. The van der Waals surface area contributed by atoms with Crippen LogP contribution in [-0.4, -0.2) is 26.5 Å². The number of nitrogens with one attached hydrogen (secondary N) is 1. The maximum atomic E-state index is 5.14. The first-order valence-corrected chi connectivity index (χ1v) is 17.6. The van der Waals surface area contributed by atoms with Crippen molar-refractivity contribution in [3.63, 3.8) is 0 Å². The first kappa shape index (κ1) is 31.2. The zero-order chi connectivity index (χ0) is 34.7. The molecule has 5 aromatic carbocycles. The van der Waals surface area contributed by atoms with Crippen LogP contribution in [0.1, 0.15) is 46.7 Å². The average Bonchev–Trinajstić information content (AvgIpc) is 3.21. The Labute approximate surface area is 302 Å². The number of amidine groups is 1. The first-order chi connectivity index (χ1) is 25.7. The summed E-state index contributed by atoms with van der Waals surface area (Å²) < 4.78 is 0. The Balaban J connectivity index is 0.950. The Bertz CT molecular complexity index is 2520. The Morgan fingerprint density at radius 2 is 1.31 bits per heavy atom. The number of hydrogen-bond donors (Lipinski definition) is 1. The highest BCUT2D eigenvalue weighted by Gasteiger charge is 2.17. The molecule has 2 aliphatic rings. The lowest BCUT2D eigenvalue weighted by Gasteiger charge is -2.23. The number of aliphatic imine (C=N–C) groups is 2. The number of hydrogen-bond acceptors (Lipinski definition) is 6. The van der Waals surface area contributed by atoms with Gasteiger partial charge in [0.2, 0.25) is 0 Å². The summed E-state index contributed by atoms with van der Waals surface area (Å²) in [5.41, 5.74) is 12.6. The Hall–Kier alpha value is -6.79. The minimum absolute atomic E-state index is 0.0589. The van der Waals surface area contributed by atoms with Gasteiger partial charge < -0.3 is 5.32 Å². The molecular weight excluding hydrogens is 637 g/mol. The van der Waals surface area contributed by atoms with Crippen LogP contribution in [0.3, 0.4) is 0 Å². The van der Waals surface area contributed by atoms with Crippen LogP contribution in [0, 0.1) is 0 Å². The van der Waals surface area contributed by atoms with Crippen molar-refractivity contribution in [3.8, 4) is 22.6 Å². The van der Waals surface area contributed by atoms with Crippen LogP contribution in [0.25, 0.3) is 45.3 Å². The third-order valence-electron chi connectivity index (χ3n) is 9.54. The molecule has 2 aliphatic heterocycles. The Morgan fingerprint density at radius 3 is 2.12 bits per heavy atom. The number of nitrogens with zero attached hydrogens (tertiary/aromatic N) is 5. The highest BCUT2D eigenvalue weighted by molar-refractivity contribution is 6.14. The minimum atomic E-state index is 0.0589. The van der Waals surface area contributed by atoms with Crippen molar-refractivity contribution in [2.45, 2.75) is 18.9 Å². The number of anilines is 1. The van der Waals surface area contributed by atoms with E-state index in [1.807, 2.05) is 36.4 Å². The number of aromatic nitrogens is 3. The van der Waals surface area contributed by atoms with Gasteiger partial charge in [-0.2, -0.15) is 0 Å². The molecule has 2 aromatic heterocycles. The van der Waals surface area contributed by atoms with Crippen molar-refractivity contribution in [1.82, 2.24) is 15.0 Å². The maximum Gasteiger partial charge on any atom is 0.178 e. The van der Waals surface area contributed by atoms with E-state index in [0.717, 1.165) is 85.8 Å². The zero-order valence-electron chi connectivity index (χ0n) is 28.4. The molecule has 0 fully saturated rings. The largest absolute Gasteiger partial charge is 0.374 e. The number of pyridine rings is 1. The summed E-state index contributed by atoms with van der Waals surface area (Å²) >= 11 is 0. The van der Waals surface area contributed by atoms with Gasteiger partial charge in [-0.3, -0.25) is 0 Å². The third kappa shape index (κ3) is 6.45. The fourth-order valence-corrected chi connectivity index (χ4v) is 6.79. The molecule has 0 spiro atoms. The van der Waals surface area contributed by atoms with Gasteiger partial charge in [-0.05, 0) is 76.6 Å². The monoisotopic (exact) mass is 670 g/mol. The van der Waals surface area contributed by atoms with Gasteiger partial charge in [-0.25, -0.2) is 24.9 Å². The molecule has 0 bridgehead atoms. The van der Waals surface area contributed by atoms with Crippen LogP contribution in [0.4, 0.5) is 5.69 Å². The summed E-state index contributed by atoms with van der Waals surface area (Å²) in [6.45, 7) is 0. The van der Waals surface area contributed by atoms with Crippen molar-refractivity contribution < 1.29 is 0 Å². The van der Waals surface area contributed by atoms with Gasteiger partial charge in [0.05, 0.1) is 23.0 Å². The number of benzene rings is 5. The van der Waals surface area contributed by atoms with Crippen molar-refractivity contribution in [3.05, 3.63) is 192 Å². The molecule has 1 unspecified atom stereocenters. The number of allylic oxidation sites excluding steroid dienone is 1. The second kappa shape index (κ2) is 13.8. The molecule has 6 nitrogen and oxygen atoms in total. The molecule has 0 saturated carbocycles.